The Hall–Kier alpha value is -0.769. The van der Waals surface area contributed by atoms with Gasteiger partial charge in [-0.2, -0.15) is 0 Å². The fraction of sp³-hybridized carbons (Fsp3) is 0.762. The Morgan fingerprint density at radius 3 is 2.06 bits per heavy atom. The number of rotatable bonds is 11. The molecule has 0 aromatic rings. The van der Waals surface area contributed by atoms with Crippen LogP contribution in [0.5, 0.6) is 0 Å². The van der Waals surface area contributed by atoms with Crippen LogP contribution in [0.3, 0.4) is 0 Å². The Kier molecular flexibility index (Phi) is 12.7. The molecule has 6 heteroatoms. The third kappa shape index (κ3) is 10.2. The van der Waals surface area contributed by atoms with Crippen LogP contribution in [0, 0.1) is 17.3 Å². The van der Waals surface area contributed by atoms with E-state index in [1.165, 1.54) is 30.4 Å². The van der Waals surface area contributed by atoms with Gasteiger partial charge >= 0.3 is 0 Å². The zero-order valence-electron chi connectivity index (χ0n) is 34.6. The van der Waals surface area contributed by atoms with Gasteiger partial charge in [0.15, 0.2) is 25.0 Å². The minimum Gasteiger partial charge on any atom is -0.413 e. The average Bonchev–Trinajstić information content (AvgIpc) is 3.24. The van der Waals surface area contributed by atoms with Gasteiger partial charge in [-0.25, -0.2) is 0 Å². The standard InChI is InChI=1S/C42H76O3Si3/c1-31(21-19-27-41(9,10)45-46(12,13)14)36-25-26-37-33(22-20-28-42(36,37)11)23-24-34-29-35(43-47(15,16)39(3,4)5)30-38(32(34)2)44-48(17,18)40(6,7)8/h19,23-25,27,31,35,37-38H,2,20-22,26,28-30H2,1,3-18H3/b27-19+,33-23+,34-24-/t31-,35+,37+,38-,42-/m1/s1. The Morgan fingerprint density at radius 1 is 0.917 bits per heavy atom. The highest BCUT2D eigenvalue weighted by atomic mass is 28.4. The predicted molar refractivity (Wildman–Crippen MR) is 218 cm³/mol. The summed E-state index contributed by atoms with van der Waals surface area (Å²) in [5.74, 6) is 1.13. The van der Waals surface area contributed by atoms with Crippen molar-refractivity contribution < 1.29 is 13.3 Å². The largest absolute Gasteiger partial charge is 0.413 e. The highest BCUT2D eigenvalue weighted by molar-refractivity contribution is 6.74. The molecule has 0 radical (unpaired) electrons. The smallest absolute Gasteiger partial charge is 0.192 e. The summed E-state index contributed by atoms with van der Waals surface area (Å²) in [4.78, 5) is 0. The molecule has 48 heavy (non-hydrogen) atoms. The summed E-state index contributed by atoms with van der Waals surface area (Å²) in [6.45, 7) is 44.5. The first-order valence-electron chi connectivity index (χ1n) is 19.1. The third-order valence-electron chi connectivity index (χ3n) is 12.5. The summed E-state index contributed by atoms with van der Waals surface area (Å²) in [7, 11) is -5.52. The molecule has 0 aromatic heterocycles. The maximum atomic E-state index is 7.10. The molecule has 0 N–H and O–H groups in total. The summed E-state index contributed by atoms with van der Waals surface area (Å²) >= 11 is 0. The van der Waals surface area contributed by atoms with Gasteiger partial charge < -0.3 is 13.3 Å². The Bertz CT molecular complexity index is 1280. The summed E-state index contributed by atoms with van der Waals surface area (Å²) in [5, 5.41) is 0.324. The van der Waals surface area contributed by atoms with E-state index in [0.29, 0.717) is 11.8 Å². The average molecular weight is 713 g/mol. The Morgan fingerprint density at radius 2 is 1.50 bits per heavy atom. The molecule has 5 atom stereocenters. The molecule has 0 bridgehead atoms. The first-order valence-corrected chi connectivity index (χ1v) is 28.3. The van der Waals surface area contributed by atoms with Crippen molar-refractivity contribution in [3.8, 4) is 0 Å². The number of hydrogen-bond donors (Lipinski definition) is 0. The summed E-state index contributed by atoms with van der Waals surface area (Å²) in [6, 6.07) is 0. The van der Waals surface area contributed by atoms with E-state index in [0.717, 1.165) is 25.7 Å². The molecule has 3 rings (SSSR count). The molecular formula is C42H76O3Si3. The first-order chi connectivity index (χ1) is 21.6. The normalized spacial score (nSPS) is 29.1. The van der Waals surface area contributed by atoms with E-state index >= 15 is 0 Å². The second-order valence-corrected chi connectivity index (χ2v) is 34.3. The predicted octanol–water partition coefficient (Wildman–Crippen LogP) is 13.3. The highest BCUT2D eigenvalue weighted by Gasteiger charge is 2.47. The quantitative estimate of drug-likeness (QED) is 0.158. The third-order valence-corrected chi connectivity index (χ3v) is 22.6. The van der Waals surface area contributed by atoms with Crippen LogP contribution in [0.25, 0.3) is 0 Å². The van der Waals surface area contributed by atoms with Gasteiger partial charge in [0.1, 0.15) is 0 Å². The van der Waals surface area contributed by atoms with E-state index in [1.807, 2.05) is 0 Å². The number of fused-ring (bicyclic) bond motifs is 1. The molecule has 2 fully saturated rings. The Labute approximate surface area is 301 Å². The molecule has 0 aliphatic heterocycles. The lowest BCUT2D eigenvalue weighted by Crippen LogP contribution is -2.49. The van der Waals surface area contributed by atoms with Crippen molar-refractivity contribution in [2.75, 3.05) is 0 Å². The zero-order valence-corrected chi connectivity index (χ0v) is 37.6. The van der Waals surface area contributed by atoms with Gasteiger partial charge in [0.05, 0.1) is 17.8 Å². The molecule has 0 aromatic carbocycles. The Balaban J connectivity index is 1.85. The van der Waals surface area contributed by atoms with Gasteiger partial charge in [0, 0.05) is 6.42 Å². The monoisotopic (exact) mass is 713 g/mol. The van der Waals surface area contributed by atoms with Crippen LogP contribution in [-0.4, -0.2) is 42.8 Å². The second kappa shape index (κ2) is 14.7. The lowest BCUT2D eigenvalue weighted by molar-refractivity contribution is 0.0969. The van der Waals surface area contributed by atoms with Gasteiger partial charge in [-0.15, -0.1) is 0 Å². The molecular weight excluding hydrogens is 637 g/mol. The summed E-state index contributed by atoms with van der Waals surface area (Å²) < 4.78 is 20.6. The number of hydrogen-bond acceptors (Lipinski definition) is 3. The van der Waals surface area contributed by atoms with Crippen LogP contribution in [0.15, 0.2) is 59.3 Å². The molecule has 3 aliphatic carbocycles. The van der Waals surface area contributed by atoms with E-state index in [4.69, 9.17) is 19.9 Å². The zero-order chi connectivity index (χ0) is 36.7. The fourth-order valence-electron chi connectivity index (χ4n) is 7.89. The van der Waals surface area contributed by atoms with Crippen molar-refractivity contribution in [2.24, 2.45) is 17.3 Å². The SMILES string of the molecule is C=C1/C(=C\C=C2/CCC[C@]3(C)C([C@H](C)C/C=C/C(C)(C)O[Si](C)(C)C)=CC[C@@H]23)C[C@H](O[Si](C)(C)C(C)(C)C)C[C@H]1O[Si](C)(C)C(C)(C)C. The van der Waals surface area contributed by atoms with Crippen molar-refractivity contribution in [3.63, 3.8) is 0 Å². The van der Waals surface area contributed by atoms with Crippen LogP contribution in [0.2, 0.25) is 55.9 Å². The molecule has 0 saturated heterocycles. The van der Waals surface area contributed by atoms with Crippen LogP contribution in [0.1, 0.15) is 114 Å². The molecule has 0 unspecified atom stereocenters. The number of allylic oxidation sites excluding steroid dienone is 6. The van der Waals surface area contributed by atoms with Gasteiger partial charge in [0.2, 0.25) is 0 Å². The molecule has 3 nitrogen and oxygen atoms in total. The molecule has 274 valence electrons. The minimum atomic E-state index is -1.99. The van der Waals surface area contributed by atoms with Gasteiger partial charge in [-0.1, -0.05) is 103 Å². The van der Waals surface area contributed by atoms with Crippen LogP contribution < -0.4 is 0 Å². The topological polar surface area (TPSA) is 27.7 Å². The maximum Gasteiger partial charge on any atom is 0.192 e. The van der Waals surface area contributed by atoms with E-state index in [1.54, 1.807) is 11.1 Å². The lowest BCUT2D eigenvalue weighted by atomic mass is 9.62. The summed E-state index contributed by atoms with van der Waals surface area (Å²) in [5.41, 5.74) is 5.84. The van der Waals surface area contributed by atoms with E-state index in [2.05, 4.69) is 145 Å². The summed E-state index contributed by atoms with van der Waals surface area (Å²) in [6.07, 6.45) is 20.2. The van der Waals surface area contributed by atoms with Gasteiger partial charge in [-0.05, 0) is 137 Å². The highest BCUT2D eigenvalue weighted by Crippen LogP contribution is 2.57. The van der Waals surface area contributed by atoms with Gasteiger partial charge in [0.25, 0.3) is 0 Å². The molecule has 0 amide bonds. The second-order valence-electron chi connectivity index (χ2n) is 20.3. The minimum absolute atomic E-state index is 0.0189. The van der Waals surface area contributed by atoms with Crippen LogP contribution in [0.4, 0.5) is 0 Å². The molecule has 2 saturated carbocycles. The van der Waals surface area contributed by atoms with E-state index in [9.17, 15) is 0 Å². The van der Waals surface area contributed by atoms with E-state index < -0.39 is 25.0 Å². The van der Waals surface area contributed by atoms with Crippen molar-refractivity contribution in [2.45, 2.75) is 188 Å². The molecule has 0 heterocycles. The van der Waals surface area contributed by atoms with Crippen molar-refractivity contribution in [3.05, 3.63) is 59.3 Å². The maximum absolute atomic E-state index is 7.10. The fourth-order valence-corrected chi connectivity index (χ4v) is 12.2. The first kappa shape index (κ1) is 41.6. The van der Waals surface area contributed by atoms with E-state index in [-0.39, 0.29) is 33.3 Å². The molecule has 0 spiro atoms. The lowest BCUT2D eigenvalue weighted by Gasteiger charge is -2.45. The van der Waals surface area contributed by atoms with Crippen molar-refractivity contribution >= 4 is 25.0 Å². The molecule has 3 aliphatic rings. The van der Waals surface area contributed by atoms with Gasteiger partial charge in [-0.3, -0.25) is 0 Å². The van der Waals surface area contributed by atoms with Crippen molar-refractivity contribution in [1.82, 2.24) is 0 Å². The van der Waals surface area contributed by atoms with Crippen LogP contribution in [-0.2, 0) is 13.3 Å². The van der Waals surface area contributed by atoms with Crippen molar-refractivity contribution in [1.29, 1.82) is 0 Å². The van der Waals surface area contributed by atoms with Crippen LogP contribution >= 0.6 is 0 Å².